The maximum atomic E-state index is 5.90. The van der Waals surface area contributed by atoms with Gasteiger partial charge in [-0.05, 0) is 43.7 Å². The lowest BCUT2D eigenvalue weighted by molar-refractivity contribution is 0.415. The molecule has 0 amide bonds. The van der Waals surface area contributed by atoms with Gasteiger partial charge >= 0.3 is 0 Å². The molecule has 0 bridgehead atoms. The predicted molar refractivity (Wildman–Crippen MR) is 86.0 cm³/mol. The van der Waals surface area contributed by atoms with Gasteiger partial charge in [-0.2, -0.15) is 0 Å². The zero-order chi connectivity index (χ0) is 14.8. The van der Waals surface area contributed by atoms with E-state index in [1.807, 2.05) is 30.3 Å². The normalized spacial score (nSPS) is 12.3. The molecular weight excluding hydrogens is 262 g/mol. The van der Waals surface area contributed by atoms with Crippen LogP contribution in [0.25, 0.3) is 11.0 Å². The Kier molecular flexibility index (Phi) is 3.57. The quantitative estimate of drug-likeness (QED) is 0.736. The SMILES string of the molecule is COc1ccc(C)cc1NC(C)c1cc2ccccc2o1. The van der Waals surface area contributed by atoms with Crippen molar-refractivity contribution in [2.24, 2.45) is 0 Å². The molecule has 1 atom stereocenters. The van der Waals surface area contributed by atoms with Crippen molar-refractivity contribution < 1.29 is 9.15 Å². The van der Waals surface area contributed by atoms with Crippen molar-refractivity contribution in [3.8, 4) is 5.75 Å². The number of furan rings is 1. The van der Waals surface area contributed by atoms with Gasteiger partial charge in [0.05, 0.1) is 18.8 Å². The van der Waals surface area contributed by atoms with Gasteiger partial charge in [0.25, 0.3) is 0 Å². The highest BCUT2D eigenvalue weighted by atomic mass is 16.5. The van der Waals surface area contributed by atoms with Crippen LogP contribution in [0.1, 0.15) is 24.3 Å². The summed E-state index contributed by atoms with van der Waals surface area (Å²) in [5, 5.41) is 4.58. The minimum atomic E-state index is 0.0631. The number of benzene rings is 2. The van der Waals surface area contributed by atoms with Gasteiger partial charge in [-0.3, -0.25) is 0 Å². The monoisotopic (exact) mass is 281 g/mol. The topological polar surface area (TPSA) is 34.4 Å². The molecule has 3 rings (SSSR count). The lowest BCUT2D eigenvalue weighted by Crippen LogP contribution is -2.07. The molecule has 3 nitrogen and oxygen atoms in total. The first-order chi connectivity index (χ1) is 10.2. The van der Waals surface area contributed by atoms with Gasteiger partial charge in [0.1, 0.15) is 17.1 Å². The van der Waals surface area contributed by atoms with E-state index in [0.29, 0.717) is 0 Å². The van der Waals surface area contributed by atoms with Crippen LogP contribution in [-0.4, -0.2) is 7.11 Å². The fraction of sp³-hybridized carbons (Fsp3) is 0.222. The second-order valence-electron chi connectivity index (χ2n) is 5.26. The Balaban J connectivity index is 1.89. The van der Waals surface area contributed by atoms with E-state index in [1.54, 1.807) is 7.11 Å². The number of hydrogen-bond donors (Lipinski definition) is 1. The fourth-order valence-corrected chi connectivity index (χ4v) is 2.45. The third-order valence-electron chi connectivity index (χ3n) is 3.60. The molecule has 1 N–H and O–H groups in total. The Morgan fingerprint density at radius 2 is 1.90 bits per heavy atom. The van der Waals surface area contributed by atoms with Crippen molar-refractivity contribution in [3.63, 3.8) is 0 Å². The number of anilines is 1. The van der Waals surface area contributed by atoms with Crippen LogP contribution in [-0.2, 0) is 0 Å². The summed E-state index contributed by atoms with van der Waals surface area (Å²) < 4.78 is 11.3. The molecule has 0 spiro atoms. The first-order valence-electron chi connectivity index (χ1n) is 7.07. The molecule has 2 aromatic carbocycles. The number of para-hydroxylation sites is 1. The number of ether oxygens (including phenoxy) is 1. The van der Waals surface area contributed by atoms with Crippen molar-refractivity contribution in [1.29, 1.82) is 0 Å². The van der Waals surface area contributed by atoms with E-state index in [1.165, 1.54) is 5.56 Å². The lowest BCUT2D eigenvalue weighted by atomic mass is 10.1. The van der Waals surface area contributed by atoms with Crippen LogP contribution in [0.2, 0.25) is 0 Å². The molecule has 1 aromatic heterocycles. The number of rotatable bonds is 4. The first kappa shape index (κ1) is 13.6. The molecule has 108 valence electrons. The van der Waals surface area contributed by atoms with E-state index in [0.717, 1.165) is 28.2 Å². The first-order valence-corrected chi connectivity index (χ1v) is 7.07. The number of fused-ring (bicyclic) bond motifs is 1. The summed E-state index contributed by atoms with van der Waals surface area (Å²) in [7, 11) is 1.68. The maximum Gasteiger partial charge on any atom is 0.141 e. The molecule has 0 saturated carbocycles. The minimum Gasteiger partial charge on any atom is -0.495 e. The van der Waals surface area contributed by atoms with Crippen LogP contribution in [0.3, 0.4) is 0 Å². The molecule has 0 fully saturated rings. The van der Waals surface area contributed by atoms with Crippen LogP contribution >= 0.6 is 0 Å². The Bertz CT molecular complexity index is 728. The molecular formula is C18H19NO2. The van der Waals surface area contributed by atoms with E-state index in [9.17, 15) is 0 Å². The molecule has 0 aliphatic rings. The van der Waals surface area contributed by atoms with Crippen LogP contribution in [0.5, 0.6) is 5.75 Å². The van der Waals surface area contributed by atoms with E-state index in [4.69, 9.17) is 9.15 Å². The highest BCUT2D eigenvalue weighted by Crippen LogP contribution is 2.31. The zero-order valence-corrected chi connectivity index (χ0v) is 12.5. The van der Waals surface area contributed by atoms with E-state index in [-0.39, 0.29) is 6.04 Å². The highest BCUT2D eigenvalue weighted by Gasteiger charge is 2.13. The summed E-state index contributed by atoms with van der Waals surface area (Å²) in [6.45, 7) is 4.15. The molecule has 21 heavy (non-hydrogen) atoms. The van der Waals surface area contributed by atoms with Gasteiger partial charge in [0.15, 0.2) is 0 Å². The van der Waals surface area contributed by atoms with Crippen LogP contribution in [0.15, 0.2) is 52.9 Å². The molecule has 0 aliphatic heterocycles. The van der Waals surface area contributed by atoms with Gasteiger partial charge in [-0.1, -0.05) is 24.3 Å². The molecule has 1 heterocycles. The van der Waals surface area contributed by atoms with Crippen molar-refractivity contribution in [1.82, 2.24) is 0 Å². The summed E-state index contributed by atoms with van der Waals surface area (Å²) >= 11 is 0. The summed E-state index contributed by atoms with van der Waals surface area (Å²) in [5.41, 5.74) is 3.08. The number of nitrogens with one attached hydrogen (secondary N) is 1. The maximum absolute atomic E-state index is 5.90. The van der Waals surface area contributed by atoms with E-state index >= 15 is 0 Å². The lowest BCUT2D eigenvalue weighted by Gasteiger charge is -2.16. The Hall–Kier alpha value is -2.42. The number of hydrogen-bond acceptors (Lipinski definition) is 3. The van der Waals surface area contributed by atoms with Gasteiger partial charge < -0.3 is 14.5 Å². The minimum absolute atomic E-state index is 0.0631. The average molecular weight is 281 g/mol. The van der Waals surface area contributed by atoms with Crippen LogP contribution in [0.4, 0.5) is 5.69 Å². The Morgan fingerprint density at radius 1 is 1.10 bits per heavy atom. The third kappa shape index (κ3) is 2.72. The highest BCUT2D eigenvalue weighted by molar-refractivity contribution is 5.78. The zero-order valence-electron chi connectivity index (χ0n) is 12.5. The summed E-state index contributed by atoms with van der Waals surface area (Å²) in [6, 6.07) is 16.3. The van der Waals surface area contributed by atoms with Gasteiger partial charge in [-0.15, -0.1) is 0 Å². The summed E-state index contributed by atoms with van der Waals surface area (Å²) in [5.74, 6) is 1.75. The standard InChI is InChI=1S/C18H19NO2/c1-12-8-9-17(20-3)15(10-12)19-13(2)18-11-14-6-4-5-7-16(14)21-18/h4-11,13,19H,1-3H3. The molecule has 0 aliphatic carbocycles. The van der Waals surface area contributed by atoms with Gasteiger partial charge in [-0.25, -0.2) is 0 Å². The van der Waals surface area contributed by atoms with Gasteiger partial charge in [0.2, 0.25) is 0 Å². The van der Waals surface area contributed by atoms with Crippen LogP contribution < -0.4 is 10.1 Å². The fourth-order valence-electron chi connectivity index (χ4n) is 2.45. The van der Waals surface area contributed by atoms with E-state index in [2.05, 4.69) is 37.4 Å². The molecule has 0 radical (unpaired) electrons. The number of methoxy groups -OCH3 is 1. The second-order valence-corrected chi connectivity index (χ2v) is 5.26. The molecule has 1 unspecified atom stereocenters. The second kappa shape index (κ2) is 5.52. The number of aryl methyl sites for hydroxylation is 1. The largest absolute Gasteiger partial charge is 0.495 e. The third-order valence-corrected chi connectivity index (χ3v) is 3.60. The smallest absolute Gasteiger partial charge is 0.141 e. The Labute approximate surface area is 124 Å². The van der Waals surface area contributed by atoms with Crippen molar-refractivity contribution in [2.45, 2.75) is 19.9 Å². The average Bonchev–Trinajstić information content (AvgIpc) is 2.91. The molecule has 0 saturated heterocycles. The van der Waals surface area contributed by atoms with Crippen molar-refractivity contribution in [2.75, 3.05) is 12.4 Å². The summed E-state index contributed by atoms with van der Waals surface area (Å²) in [4.78, 5) is 0. The van der Waals surface area contributed by atoms with Crippen LogP contribution in [0, 0.1) is 6.92 Å². The van der Waals surface area contributed by atoms with Gasteiger partial charge in [0, 0.05) is 5.39 Å². The summed E-state index contributed by atoms with van der Waals surface area (Å²) in [6.07, 6.45) is 0. The van der Waals surface area contributed by atoms with Crippen molar-refractivity contribution >= 4 is 16.7 Å². The van der Waals surface area contributed by atoms with Crippen molar-refractivity contribution in [3.05, 3.63) is 59.9 Å². The Morgan fingerprint density at radius 3 is 2.67 bits per heavy atom. The van der Waals surface area contributed by atoms with E-state index < -0.39 is 0 Å². The molecule has 3 aromatic rings. The predicted octanol–water partition coefficient (Wildman–Crippen LogP) is 4.92. The molecule has 3 heteroatoms.